The maximum Gasteiger partial charge on any atom is 0.0861 e. The number of ether oxygens (including phenoxy) is 1. The molecule has 2 aliphatic rings. The summed E-state index contributed by atoms with van der Waals surface area (Å²) in [6, 6.07) is 0. The molecule has 2 unspecified atom stereocenters. The van der Waals surface area contributed by atoms with Crippen molar-refractivity contribution in [3.63, 3.8) is 0 Å². The fraction of sp³-hybridized carbons (Fsp3) is 1.00. The summed E-state index contributed by atoms with van der Waals surface area (Å²) in [5.41, 5.74) is 0. The normalized spacial score (nSPS) is 27.2. The van der Waals surface area contributed by atoms with Gasteiger partial charge >= 0.3 is 0 Å². The summed E-state index contributed by atoms with van der Waals surface area (Å²) in [4.78, 5) is 0. The first-order valence-corrected chi connectivity index (χ1v) is 5.61. The predicted molar refractivity (Wildman–Crippen MR) is 51.5 cm³/mol. The molecule has 0 heterocycles. The Hall–Kier alpha value is -0.0800. The van der Waals surface area contributed by atoms with Gasteiger partial charge in [-0.2, -0.15) is 0 Å². The Morgan fingerprint density at radius 1 is 1.31 bits per heavy atom. The molecule has 2 saturated carbocycles. The van der Waals surface area contributed by atoms with Crippen LogP contribution in [-0.2, 0) is 4.74 Å². The smallest absolute Gasteiger partial charge is 0.0861 e. The molecule has 2 atom stereocenters. The van der Waals surface area contributed by atoms with E-state index in [9.17, 15) is 5.11 Å². The topological polar surface area (TPSA) is 29.5 Å². The van der Waals surface area contributed by atoms with Crippen LogP contribution in [0.4, 0.5) is 0 Å². The Morgan fingerprint density at radius 3 is 2.46 bits per heavy atom. The van der Waals surface area contributed by atoms with Crippen molar-refractivity contribution in [2.24, 2.45) is 11.8 Å². The van der Waals surface area contributed by atoms with Gasteiger partial charge in [-0.1, -0.05) is 12.8 Å². The van der Waals surface area contributed by atoms with Crippen LogP contribution in [0.1, 0.15) is 39.0 Å². The molecule has 0 amide bonds. The van der Waals surface area contributed by atoms with E-state index in [1.165, 1.54) is 25.7 Å². The number of rotatable bonds is 6. The molecule has 13 heavy (non-hydrogen) atoms. The van der Waals surface area contributed by atoms with E-state index in [2.05, 4.69) is 0 Å². The third-order valence-electron chi connectivity index (χ3n) is 3.10. The molecular formula is C11H20O2. The zero-order chi connectivity index (χ0) is 9.26. The average Bonchev–Trinajstić information content (AvgIpc) is 2.92. The van der Waals surface area contributed by atoms with Gasteiger partial charge in [-0.25, -0.2) is 0 Å². The van der Waals surface area contributed by atoms with E-state index in [-0.39, 0.29) is 12.2 Å². The third kappa shape index (κ3) is 2.68. The van der Waals surface area contributed by atoms with Crippen molar-refractivity contribution in [1.29, 1.82) is 0 Å². The number of hydrogen-bond acceptors (Lipinski definition) is 2. The van der Waals surface area contributed by atoms with Crippen LogP contribution in [-0.4, -0.2) is 23.9 Å². The van der Waals surface area contributed by atoms with Gasteiger partial charge in [0.1, 0.15) is 0 Å². The Labute approximate surface area is 80.3 Å². The molecule has 2 nitrogen and oxygen atoms in total. The maximum atomic E-state index is 9.94. The predicted octanol–water partition coefficient (Wildman–Crippen LogP) is 1.96. The van der Waals surface area contributed by atoms with Crippen molar-refractivity contribution in [3.05, 3.63) is 0 Å². The average molecular weight is 184 g/mol. The lowest BCUT2D eigenvalue weighted by Gasteiger charge is -2.22. The zero-order valence-electron chi connectivity index (χ0n) is 8.41. The molecule has 2 fully saturated rings. The minimum atomic E-state index is -0.194. The molecule has 2 aliphatic carbocycles. The largest absolute Gasteiger partial charge is 0.390 e. The molecular weight excluding hydrogens is 164 g/mol. The van der Waals surface area contributed by atoms with Crippen molar-refractivity contribution in [2.75, 3.05) is 6.61 Å². The van der Waals surface area contributed by atoms with Crippen LogP contribution in [0.15, 0.2) is 0 Å². The van der Waals surface area contributed by atoms with Gasteiger partial charge < -0.3 is 9.84 Å². The van der Waals surface area contributed by atoms with E-state index < -0.39 is 0 Å². The lowest BCUT2D eigenvalue weighted by molar-refractivity contribution is -0.0495. The standard InChI is InChI=1S/C11H20O2/c1-2-13-11(9-5-6-9)10(12)7-8-3-4-8/h8-12H,2-7H2,1H3. The highest BCUT2D eigenvalue weighted by atomic mass is 16.5. The lowest BCUT2D eigenvalue weighted by Crippen LogP contribution is -2.31. The molecule has 0 radical (unpaired) electrons. The van der Waals surface area contributed by atoms with E-state index in [1.807, 2.05) is 6.92 Å². The summed E-state index contributed by atoms with van der Waals surface area (Å²) >= 11 is 0. The first kappa shape index (κ1) is 9.47. The van der Waals surface area contributed by atoms with Gasteiger partial charge in [0.25, 0.3) is 0 Å². The molecule has 2 rings (SSSR count). The minimum absolute atomic E-state index is 0.144. The van der Waals surface area contributed by atoms with Crippen molar-refractivity contribution in [1.82, 2.24) is 0 Å². The van der Waals surface area contributed by atoms with Crippen LogP contribution in [0.25, 0.3) is 0 Å². The van der Waals surface area contributed by atoms with Crippen molar-refractivity contribution in [3.8, 4) is 0 Å². The molecule has 76 valence electrons. The monoisotopic (exact) mass is 184 g/mol. The summed E-state index contributed by atoms with van der Waals surface area (Å²) in [6.45, 7) is 2.75. The summed E-state index contributed by atoms with van der Waals surface area (Å²) in [7, 11) is 0. The van der Waals surface area contributed by atoms with E-state index >= 15 is 0 Å². The molecule has 0 aromatic rings. The summed E-state index contributed by atoms with van der Waals surface area (Å²) < 4.78 is 5.61. The Morgan fingerprint density at radius 2 is 2.00 bits per heavy atom. The van der Waals surface area contributed by atoms with Crippen LogP contribution in [0.3, 0.4) is 0 Å². The van der Waals surface area contributed by atoms with Gasteiger partial charge in [0, 0.05) is 6.61 Å². The first-order chi connectivity index (χ1) is 6.31. The van der Waals surface area contributed by atoms with Crippen LogP contribution in [0.2, 0.25) is 0 Å². The van der Waals surface area contributed by atoms with E-state index in [0.29, 0.717) is 5.92 Å². The van der Waals surface area contributed by atoms with Crippen LogP contribution >= 0.6 is 0 Å². The second kappa shape index (κ2) is 3.97. The third-order valence-corrected chi connectivity index (χ3v) is 3.10. The Balaban J connectivity index is 1.77. The SMILES string of the molecule is CCOC(C(O)CC1CC1)C1CC1. The maximum absolute atomic E-state index is 9.94. The van der Waals surface area contributed by atoms with E-state index in [1.54, 1.807) is 0 Å². The highest BCUT2D eigenvalue weighted by molar-refractivity contribution is 4.89. The van der Waals surface area contributed by atoms with Gasteiger partial charge in [-0.05, 0) is 38.0 Å². The highest BCUT2D eigenvalue weighted by Gasteiger charge is 2.38. The number of aliphatic hydroxyl groups excluding tert-OH is 1. The highest BCUT2D eigenvalue weighted by Crippen LogP contribution is 2.40. The molecule has 0 aliphatic heterocycles. The zero-order valence-corrected chi connectivity index (χ0v) is 8.41. The first-order valence-electron chi connectivity index (χ1n) is 5.61. The van der Waals surface area contributed by atoms with Crippen LogP contribution in [0.5, 0.6) is 0 Å². The van der Waals surface area contributed by atoms with Crippen molar-refractivity contribution < 1.29 is 9.84 Å². The molecule has 0 aromatic carbocycles. The second-order valence-corrected chi connectivity index (χ2v) is 4.50. The molecule has 0 saturated heterocycles. The molecule has 1 N–H and O–H groups in total. The van der Waals surface area contributed by atoms with Gasteiger partial charge in [0.2, 0.25) is 0 Å². The summed E-state index contributed by atoms with van der Waals surface area (Å²) in [6.07, 6.45) is 6.08. The van der Waals surface area contributed by atoms with Crippen LogP contribution in [0, 0.1) is 11.8 Å². The Bertz CT molecular complexity index is 161. The van der Waals surface area contributed by atoms with Crippen molar-refractivity contribution in [2.45, 2.75) is 51.2 Å². The van der Waals surface area contributed by atoms with E-state index in [0.717, 1.165) is 18.9 Å². The molecule has 0 aromatic heterocycles. The quantitative estimate of drug-likeness (QED) is 0.683. The van der Waals surface area contributed by atoms with Gasteiger partial charge in [-0.15, -0.1) is 0 Å². The summed E-state index contributed by atoms with van der Waals surface area (Å²) in [5.74, 6) is 1.46. The Kier molecular flexibility index (Phi) is 2.89. The molecule has 2 heteroatoms. The molecule has 0 bridgehead atoms. The van der Waals surface area contributed by atoms with E-state index in [4.69, 9.17) is 4.74 Å². The fourth-order valence-electron chi connectivity index (χ4n) is 2.01. The number of hydrogen-bond donors (Lipinski definition) is 1. The minimum Gasteiger partial charge on any atom is -0.390 e. The van der Waals surface area contributed by atoms with Gasteiger partial charge in [-0.3, -0.25) is 0 Å². The lowest BCUT2D eigenvalue weighted by atomic mass is 10.0. The van der Waals surface area contributed by atoms with Gasteiger partial charge in [0.05, 0.1) is 12.2 Å². The van der Waals surface area contributed by atoms with Crippen molar-refractivity contribution >= 4 is 0 Å². The fourth-order valence-corrected chi connectivity index (χ4v) is 2.01. The van der Waals surface area contributed by atoms with Gasteiger partial charge in [0.15, 0.2) is 0 Å². The summed E-state index contributed by atoms with van der Waals surface area (Å²) in [5, 5.41) is 9.94. The van der Waals surface area contributed by atoms with Crippen LogP contribution < -0.4 is 0 Å². The molecule has 0 spiro atoms. The number of aliphatic hydroxyl groups is 1. The second-order valence-electron chi connectivity index (χ2n) is 4.50.